The summed E-state index contributed by atoms with van der Waals surface area (Å²) < 4.78 is 26.5. The first-order chi connectivity index (χ1) is 8.18. The predicted octanol–water partition coefficient (Wildman–Crippen LogP) is 1.02. The number of anilines is 1. The molecule has 1 unspecified atom stereocenters. The first kappa shape index (κ1) is 14.9. The summed E-state index contributed by atoms with van der Waals surface area (Å²) in [4.78, 5) is 0.184. The second-order valence-electron chi connectivity index (χ2n) is 4.70. The van der Waals surface area contributed by atoms with Gasteiger partial charge >= 0.3 is 0 Å². The maximum atomic E-state index is 12.1. The standard InChI is InChI=1S/C12H20N2O3S/c1-4-12(3,15)8-14-18(16,17)11-6-5-10(13)7-9(11)2/h5-7,14-15H,4,8,13H2,1-3H3. The Kier molecular flexibility index (Phi) is 4.37. The maximum Gasteiger partial charge on any atom is 0.240 e. The van der Waals surface area contributed by atoms with Crippen molar-refractivity contribution in [2.75, 3.05) is 12.3 Å². The average Bonchev–Trinajstić information content (AvgIpc) is 2.26. The Labute approximate surface area is 108 Å². The zero-order valence-electron chi connectivity index (χ0n) is 10.9. The molecule has 0 aliphatic rings. The molecule has 1 aromatic carbocycles. The first-order valence-electron chi connectivity index (χ1n) is 5.76. The molecule has 0 radical (unpaired) electrons. The van der Waals surface area contributed by atoms with E-state index in [0.717, 1.165) is 0 Å². The molecule has 4 N–H and O–H groups in total. The Morgan fingerprint density at radius 2 is 2.06 bits per heavy atom. The minimum atomic E-state index is -3.62. The largest absolute Gasteiger partial charge is 0.399 e. The van der Waals surface area contributed by atoms with E-state index in [0.29, 0.717) is 17.7 Å². The number of hydrogen-bond acceptors (Lipinski definition) is 4. The zero-order valence-corrected chi connectivity index (χ0v) is 11.7. The van der Waals surface area contributed by atoms with Crippen LogP contribution in [0.3, 0.4) is 0 Å². The Hall–Kier alpha value is -1.11. The number of rotatable bonds is 5. The molecule has 102 valence electrons. The summed E-state index contributed by atoms with van der Waals surface area (Å²) in [6.07, 6.45) is 0.468. The quantitative estimate of drug-likeness (QED) is 0.698. The summed E-state index contributed by atoms with van der Waals surface area (Å²) in [6, 6.07) is 4.61. The molecule has 5 nitrogen and oxygen atoms in total. The molecular weight excluding hydrogens is 252 g/mol. The van der Waals surface area contributed by atoms with Crippen LogP contribution in [0.4, 0.5) is 5.69 Å². The van der Waals surface area contributed by atoms with Crippen molar-refractivity contribution in [1.29, 1.82) is 0 Å². The summed E-state index contributed by atoms with van der Waals surface area (Å²) in [5.41, 5.74) is 5.64. The van der Waals surface area contributed by atoms with Gasteiger partial charge in [-0.3, -0.25) is 0 Å². The fourth-order valence-electron chi connectivity index (χ4n) is 1.43. The summed E-state index contributed by atoms with van der Waals surface area (Å²) in [6.45, 7) is 5.05. The topological polar surface area (TPSA) is 92.4 Å². The third kappa shape index (κ3) is 3.69. The van der Waals surface area contributed by atoms with Crippen LogP contribution < -0.4 is 10.5 Å². The van der Waals surface area contributed by atoms with Crippen LogP contribution in [0.25, 0.3) is 0 Å². The van der Waals surface area contributed by atoms with Crippen molar-refractivity contribution in [3.63, 3.8) is 0 Å². The van der Waals surface area contributed by atoms with Crippen molar-refractivity contribution in [3.8, 4) is 0 Å². The molecule has 0 fully saturated rings. The number of aryl methyl sites for hydroxylation is 1. The van der Waals surface area contributed by atoms with E-state index in [9.17, 15) is 13.5 Å². The van der Waals surface area contributed by atoms with E-state index >= 15 is 0 Å². The van der Waals surface area contributed by atoms with Gasteiger partial charge in [-0.15, -0.1) is 0 Å². The second-order valence-corrected chi connectivity index (χ2v) is 6.44. The van der Waals surface area contributed by atoms with Gasteiger partial charge in [0.1, 0.15) is 0 Å². The van der Waals surface area contributed by atoms with Gasteiger partial charge in [0.2, 0.25) is 10.0 Å². The lowest BCUT2D eigenvalue weighted by atomic mass is 10.1. The molecule has 0 aromatic heterocycles. The van der Waals surface area contributed by atoms with Crippen molar-refractivity contribution in [2.24, 2.45) is 0 Å². The normalized spacial score (nSPS) is 15.3. The van der Waals surface area contributed by atoms with Crippen LogP contribution in [0.2, 0.25) is 0 Å². The van der Waals surface area contributed by atoms with Crippen molar-refractivity contribution >= 4 is 15.7 Å². The fraction of sp³-hybridized carbons (Fsp3) is 0.500. The number of nitrogens with one attached hydrogen (secondary N) is 1. The molecule has 0 saturated carbocycles. The van der Waals surface area contributed by atoms with Gasteiger partial charge in [-0.05, 0) is 44.0 Å². The summed E-state index contributed by atoms with van der Waals surface area (Å²) in [5.74, 6) is 0. The minimum Gasteiger partial charge on any atom is -0.399 e. The average molecular weight is 272 g/mol. The van der Waals surface area contributed by atoms with E-state index in [1.54, 1.807) is 32.9 Å². The van der Waals surface area contributed by atoms with Crippen LogP contribution in [0.1, 0.15) is 25.8 Å². The van der Waals surface area contributed by atoms with Gasteiger partial charge in [-0.25, -0.2) is 13.1 Å². The number of benzene rings is 1. The van der Waals surface area contributed by atoms with E-state index in [1.807, 2.05) is 0 Å². The second kappa shape index (κ2) is 5.26. The lowest BCUT2D eigenvalue weighted by Gasteiger charge is -2.21. The van der Waals surface area contributed by atoms with Crippen LogP contribution in [-0.2, 0) is 10.0 Å². The molecular formula is C12H20N2O3S. The molecule has 0 aliphatic heterocycles. The van der Waals surface area contributed by atoms with Gasteiger partial charge in [0.15, 0.2) is 0 Å². The third-order valence-corrected chi connectivity index (χ3v) is 4.45. The van der Waals surface area contributed by atoms with Crippen molar-refractivity contribution < 1.29 is 13.5 Å². The monoisotopic (exact) mass is 272 g/mol. The molecule has 0 spiro atoms. The highest BCUT2D eigenvalue weighted by Crippen LogP contribution is 2.18. The highest BCUT2D eigenvalue weighted by atomic mass is 32.2. The lowest BCUT2D eigenvalue weighted by Crippen LogP contribution is -2.40. The van der Waals surface area contributed by atoms with Gasteiger partial charge in [-0.1, -0.05) is 6.92 Å². The highest BCUT2D eigenvalue weighted by Gasteiger charge is 2.23. The highest BCUT2D eigenvalue weighted by molar-refractivity contribution is 7.89. The molecule has 0 amide bonds. The lowest BCUT2D eigenvalue weighted by molar-refractivity contribution is 0.0613. The van der Waals surface area contributed by atoms with Crippen LogP contribution in [0.15, 0.2) is 23.1 Å². The SMILES string of the molecule is CCC(C)(O)CNS(=O)(=O)c1ccc(N)cc1C. The van der Waals surface area contributed by atoms with Crippen molar-refractivity contribution in [3.05, 3.63) is 23.8 Å². The molecule has 1 rings (SSSR count). The summed E-state index contributed by atoms with van der Waals surface area (Å²) in [7, 11) is -3.62. The number of aliphatic hydroxyl groups is 1. The molecule has 0 saturated heterocycles. The molecule has 0 aliphatic carbocycles. The number of nitrogen functional groups attached to an aromatic ring is 1. The first-order valence-corrected chi connectivity index (χ1v) is 7.24. The maximum absolute atomic E-state index is 12.1. The summed E-state index contributed by atoms with van der Waals surface area (Å²) in [5, 5.41) is 9.80. The van der Waals surface area contributed by atoms with E-state index in [1.165, 1.54) is 6.07 Å². The van der Waals surface area contributed by atoms with Crippen molar-refractivity contribution in [1.82, 2.24) is 4.72 Å². The van der Waals surface area contributed by atoms with Gasteiger partial charge in [0.05, 0.1) is 10.5 Å². The van der Waals surface area contributed by atoms with E-state index in [4.69, 9.17) is 5.73 Å². The van der Waals surface area contributed by atoms with Crippen LogP contribution >= 0.6 is 0 Å². The zero-order chi connectivity index (χ0) is 14.0. The van der Waals surface area contributed by atoms with Gasteiger partial charge in [0, 0.05) is 12.2 Å². The molecule has 18 heavy (non-hydrogen) atoms. The third-order valence-electron chi connectivity index (χ3n) is 2.89. The van der Waals surface area contributed by atoms with Gasteiger partial charge in [-0.2, -0.15) is 0 Å². The molecule has 6 heteroatoms. The molecule has 1 aromatic rings. The number of nitrogens with two attached hydrogens (primary N) is 1. The van der Waals surface area contributed by atoms with E-state index in [-0.39, 0.29) is 11.4 Å². The van der Waals surface area contributed by atoms with Gasteiger partial charge < -0.3 is 10.8 Å². The van der Waals surface area contributed by atoms with Crippen molar-refractivity contribution in [2.45, 2.75) is 37.7 Å². The predicted molar refractivity (Wildman–Crippen MR) is 71.7 cm³/mol. The molecule has 0 heterocycles. The van der Waals surface area contributed by atoms with E-state index in [2.05, 4.69) is 4.72 Å². The Morgan fingerprint density at radius 3 is 2.56 bits per heavy atom. The van der Waals surface area contributed by atoms with Crippen LogP contribution in [0.5, 0.6) is 0 Å². The fourth-order valence-corrected chi connectivity index (χ4v) is 2.81. The smallest absolute Gasteiger partial charge is 0.240 e. The minimum absolute atomic E-state index is 0.0182. The number of hydrogen-bond donors (Lipinski definition) is 3. The summed E-state index contributed by atoms with van der Waals surface area (Å²) >= 11 is 0. The van der Waals surface area contributed by atoms with E-state index < -0.39 is 15.6 Å². The van der Waals surface area contributed by atoms with Crippen LogP contribution in [-0.4, -0.2) is 25.7 Å². The van der Waals surface area contributed by atoms with Gasteiger partial charge in [0.25, 0.3) is 0 Å². The Bertz CT molecular complexity index is 524. The molecule has 0 bridgehead atoms. The number of sulfonamides is 1. The van der Waals surface area contributed by atoms with Crippen LogP contribution in [0, 0.1) is 6.92 Å². The molecule has 1 atom stereocenters. The Balaban J connectivity index is 2.94. The Morgan fingerprint density at radius 1 is 1.44 bits per heavy atom.